The van der Waals surface area contributed by atoms with Gasteiger partial charge in [0.2, 0.25) is 0 Å². The fraction of sp³-hybridized carbons (Fsp3) is 0.231. The van der Waals surface area contributed by atoms with Crippen LogP contribution in [0.25, 0.3) is 0 Å². The van der Waals surface area contributed by atoms with Gasteiger partial charge < -0.3 is 15.0 Å². The zero-order valence-electron chi connectivity index (χ0n) is 9.72. The summed E-state index contributed by atoms with van der Waals surface area (Å²) in [6, 6.07) is 9.45. The highest BCUT2D eigenvalue weighted by atomic mass is 16.5. The van der Waals surface area contributed by atoms with Crippen molar-refractivity contribution in [1.82, 2.24) is 9.97 Å². The van der Waals surface area contributed by atoms with E-state index in [9.17, 15) is 4.79 Å². The second kappa shape index (κ2) is 4.52. The van der Waals surface area contributed by atoms with Gasteiger partial charge >= 0.3 is 0 Å². The molecule has 0 spiro atoms. The van der Waals surface area contributed by atoms with Gasteiger partial charge in [0.1, 0.15) is 17.7 Å². The number of ether oxygens (including phenoxy) is 1. The number of aromatic amines is 1. The van der Waals surface area contributed by atoms with Gasteiger partial charge in [0.05, 0.1) is 12.9 Å². The van der Waals surface area contributed by atoms with Crippen LogP contribution in [-0.2, 0) is 6.42 Å². The molecule has 2 N–H and O–H groups in total. The number of nitrogens with one attached hydrogen (secondary N) is 2. The summed E-state index contributed by atoms with van der Waals surface area (Å²) in [5.74, 6) is 1.52. The Labute approximate surface area is 104 Å². The van der Waals surface area contributed by atoms with E-state index in [1.165, 1.54) is 18.0 Å². The monoisotopic (exact) mass is 243 g/mol. The van der Waals surface area contributed by atoms with Crippen molar-refractivity contribution in [2.75, 3.05) is 11.9 Å². The lowest BCUT2D eigenvalue weighted by molar-refractivity contribution is 0.246. The molecule has 0 saturated heterocycles. The van der Waals surface area contributed by atoms with Crippen molar-refractivity contribution in [3.05, 3.63) is 52.6 Å². The quantitative estimate of drug-likeness (QED) is 0.849. The maximum absolute atomic E-state index is 11.1. The van der Waals surface area contributed by atoms with Crippen LogP contribution in [0.15, 0.2) is 41.5 Å². The van der Waals surface area contributed by atoms with E-state index in [0.717, 1.165) is 12.2 Å². The number of rotatable bonds is 3. The highest BCUT2D eigenvalue weighted by Crippen LogP contribution is 2.27. The Hall–Kier alpha value is -2.30. The third-order valence-corrected chi connectivity index (χ3v) is 2.90. The number of nitrogens with zero attached hydrogens (tertiary/aromatic N) is 1. The topological polar surface area (TPSA) is 67.0 Å². The highest BCUT2D eigenvalue weighted by molar-refractivity contribution is 5.38. The molecule has 1 aliphatic rings. The predicted octanol–water partition coefficient (Wildman–Crippen LogP) is 1.19. The van der Waals surface area contributed by atoms with E-state index >= 15 is 0 Å². The van der Waals surface area contributed by atoms with Crippen molar-refractivity contribution in [2.45, 2.75) is 12.5 Å². The molecule has 0 radical (unpaired) electrons. The van der Waals surface area contributed by atoms with E-state index in [4.69, 9.17) is 4.74 Å². The Morgan fingerprint density at radius 3 is 3.17 bits per heavy atom. The summed E-state index contributed by atoms with van der Waals surface area (Å²) in [4.78, 5) is 17.6. The minimum atomic E-state index is -0.164. The summed E-state index contributed by atoms with van der Waals surface area (Å²) in [5, 5.41) is 3.11. The van der Waals surface area contributed by atoms with E-state index in [0.29, 0.717) is 12.4 Å². The molecular weight excluding hydrogens is 230 g/mol. The second-order valence-electron chi connectivity index (χ2n) is 4.23. The maximum Gasteiger partial charge on any atom is 0.252 e. The highest BCUT2D eigenvalue weighted by Gasteiger charge is 2.21. The van der Waals surface area contributed by atoms with Gasteiger partial charge in [0, 0.05) is 12.5 Å². The molecule has 1 aromatic heterocycles. The van der Waals surface area contributed by atoms with Crippen LogP contribution in [0.2, 0.25) is 0 Å². The van der Waals surface area contributed by atoms with Crippen molar-refractivity contribution in [1.29, 1.82) is 0 Å². The molecule has 1 aliphatic heterocycles. The third-order valence-electron chi connectivity index (χ3n) is 2.90. The lowest BCUT2D eigenvalue weighted by Gasteiger charge is -2.11. The molecule has 18 heavy (non-hydrogen) atoms. The molecule has 3 rings (SSSR count). The van der Waals surface area contributed by atoms with Crippen LogP contribution in [0.3, 0.4) is 0 Å². The van der Waals surface area contributed by atoms with Gasteiger partial charge in [-0.1, -0.05) is 18.2 Å². The van der Waals surface area contributed by atoms with E-state index < -0.39 is 0 Å². The average molecular weight is 243 g/mol. The summed E-state index contributed by atoms with van der Waals surface area (Å²) < 4.78 is 5.78. The first-order valence-electron chi connectivity index (χ1n) is 5.84. The molecule has 0 saturated carbocycles. The van der Waals surface area contributed by atoms with Crippen molar-refractivity contribution in [3.8, 4) is 5.75 Å². The zero-order valence-corrected chi connectivity index (χ0v) is 9.72. The average Bonchev–Trinajstić information content (AvgIpc) is 2.79. The van der Waals surface area contributed by atoms with Crippen LogP contribution >= 0.6 is 0 Å². The summed E-state index contributed by atoms with van der Waals surface area (Å²) >= 11 is 0. The van der Waals surface area contributed by atoms with Gasteiger partial charge in [-0.25, -0.2) is 4.98 Å². The van der Waals surface area contributed by atoms with Crippen LogP contribution in [-0.4, -0.2) is 22.6 Å². The molecule has 0 amide bonds. The molecule has 0 aliphatic carbocycles. The number of para-hydroxylation sites is 1. The van der Waals surface area contributed by atoms with E-state index in [1.54, 1.807) is 0 Å². The number of hydrogen-bond acceptors (Lipinski definition) is 4. The molecule has 0 bridgehead atoms. The molecule has 2 aromatic rings. The Morgan fingerprint density at radius 2 is 2.33 bits per heavy atom. The third kappa shape index (κ3) is 2.20. The molecule has 1 unspecified atom stereocenters. The molecule has 5 nitrogen and oxygen atoms in total. The standard InChI is InChI=1S/C13H13N3O2/c17-13-6-12(15-8-16-13)14-7-10-5-9-3-1-2-4-11(9)18-10/h1-4,6,8,10H,5,7H2,(H2,14,15,16,17). The molecule has 1 aromatic carbocycles. The molecule has 1 atom stereocenters. The normalized spacial score (nSPS) is 17.0. The van der Waals surface area contributed by atoms with Gasteiger partial charge in [-0.3, -0.25) is 4.79 Å². The summed E-state index contributed by atoms with van der Waals surface area (Å²) in [6.07, 6.45) is 2.35. The van der Waals surface area contributed by atoms with E-state index in [2.05, 4.69) is 21.4 Å². The fourth-order valence-electron chi connectivity index (χ4n) is 2.05. The second-order valence-corrected chi connectivity index (χ2v) is 4.23. The number of H-pyrrole nitrogens is 1. The molecule has 5 heteroatoms. The van der Waals surface area contributed by atoms with Crippen molar-refractivity contribution in [2.24, 2.45) is 0 Å². The van der Waals surface area contributed by atoms with Gasteiger partial charge in [0.25, 0.3) is 5.56 Å². The van der Waals surface area contributed by atoms with Crippen molar-refractivity contribution in [3.63, 3.8) is 0 Å². The van der Waals surface area contributed by atoms with Crippen LogP contribution in [0.1, 0.15) is 5.56 Å². The molecule has 2 heterocycles. The minimum absolute atomic E-state index is 0.0866. The van der Waals surface area contributed by atoms with Gasteiger partial charge in [-0.15, -0.1) is 0 Å². The number of fused-ring (bicyclic) bond motifs is 1. The first kappa shape index (κ1) is 10.8. The smallest absolute Gasteiger partial charge is 0.252 e. The van der Waals surface area contributed by atoms with Crippen LogP contribution in [0.4, 0.5) is 5.82 Å². The Bertz CT molecular complexity index is 584. The van der Waals surface area contributed by atoms with Gasteiger partial charge in [-0.2, -0.15) is 0 Å². The number of anilines is 1. The Balaban J connectivity index is 1.62. The van der Waals surface area contributed by atoms with Crippen molar-refractivity contribution >= 4 is 5.82 Å². The zero-order chi connectivity index (χ0) is 12.4. The lowest BCUT2D eigenvalue weighted by Crippen LogP contribution is -2.24. The SMILES string of the molecule is O=c1cc(NCC2Cc3ccccc3O2)nc[nH]1. The predicted molar refractivity (Wildman–Crippen MR) is 67.9 cm³/mol. The summed E-state index contributed by atoms with van der Waals surface area (Å²) in [5.41, 5.74) is 1.06. The maximum atomic E-state index is 11.1. The van der Waals surface area contributed by atoms with Crippen LogP contribution < -0.4 is 15.6 Å². The van der Waals surface area contributed by atoms with E-state index in [1.807, 2.05) is 18.2 Å². The number of hydrogen-bond donors (Lipinski definition) is 2. The van der Waals surface area contributed by atoms with E-state index in [-0.39, 0.29) is 11.7 Å². The minimum Gasteiger partial charge on any atom is -0.488 e. The Kier molecular flexibility index (Phi) is 2.72. The first-order valence-corrected chi connectivity index (χ1v) is 5.84. The number of benzene rings is 1. The first-order chi connectivity index (χ1) is 8.81. The largest absolute Gasteiger partial charge is 0.488 e. The molecule has 0 fully saturated rings. The van der Waals surface area contributed by atoms with Crippen molar-refractivity contribution < 1.29 is 4.74 Å². The molecular formula is C13H13N3O2. The summed E-state index contributed by atoms with van der Waals surface area (Å²) in [6.45, 7) is 0.630. The Morgan fingerprint density at radius 1 is 1.44 bits per heavy atom. The van der Waals surface area contributed by atoms with Crippen LogP contribution in [0.5, 0.6) is 5.75 Å². The summed E-state index contributed by atoms with van der Waals surface area (Å²) in [7, 11) is 0. The lowest BCUT2D eigenvalue weighted by atomic mass is 10.1. The molecule has 92 valence electrons. The van der Waals surface area contributed by atoms with Crippen LogP contribution in [0, 0.1) is 0 Å². The number of aromatic nitrogens is 2. The van der Waals surface area contributed by atoms with Gasteiger partial charge in [-0.05, 0) is 11.6 Å². The fourth-order valence-corrected chi connectivity index (χ4v) is 2.05. The van der Waals surface area contributed by atoms with Gasteiger partial charge in [0.15, 0.2) is 0 Å².